The highest BCUT2D eigenvalue weighted by Crippen LogP contribution is 2.29. The van der Waals surface area contributed by atoms with Crippen LogP contribution in [-0.4, -0.2) is 10.9 Å². The highest BCUT2D eigenvalue weighted by atomic mass is 35.5. The number of thiocarbonyl (C=S) groups is 1. The van der Waals surface area contributed by atoms with Crippen LogP contribution in [0.4, 0.5) is 5.69 Å². The molecule has 98 valence electrons. The van der Waals surface area contributed by atoms with Crippen molar-refractivity contribution < 1.29 is 4.79 Å². The van der Waals surface area contributed by atoms with Crippen molar-refractivity contribution in [2.24, 2.45) is 11.1 Å². The van der Waals surface area contributed by atoms with Crippen molar-refractivity contribution in [1.29, 1.82) is 0 Å². The normalized spacial score (nSPS) is 11.1. The lowest BCUT2D eigenvalue weighted by atomic mass is 9.81. The van der Waals surface area contributed by atoms with Gasteiger partial charge in [-0.1, -0.05) is 43.7 Å². The SMILES string of the molecule is CCC(CC)(C(=O)Nc1cccc(Cl)c1)C(N)=S. The van der Waals surface area contributed by atoms with Gasteiger partial charge in [0, 0.05) is 10.7 Å². The summed E-state index contributed by atoms with van der Waals surface area (Å²) < 4.78 is 0. The number of carbonyl (C=O) groups excluding carboxylic acids is 1. The third kappa shape index (κ3) is 3.00. The number of halogens is 1. The maximum Gasteiger partial charge on any atom is 0.237 e. The number of carbonyl (C=O) groups is 1. The molecular weight excluding hydrogens is 268 g/mol. The van der Waals surface area contributed by atoms with Gasteiger partial charge in [-0.3, -0.25) is 4.79 Å². The molecule has 0 fully saturated rings. The molecule has 0 aliphatic heterocycles. The summed E-state index contributed by atoms with van der Waals surface area (Å²) in [6.45, 7) is 3.81. The average Bonchev–Trinajstić information content (AvgIpc) is 2.30. The zero-order valence-electron chi connectivity index (χ0n) is 10.5. The van der Waals surface area contributed by atoms with Gasteiger partial charge in [-0.2, -0.15) is 0 Å². The van der Waals surface area contributed by atoms with Crippen molar-refractivity contribution in [3.05, 3.63) is 29.3 Å². The molecule has 0 spiro atoms. The fourth-order valence-corrected chi connectivity index (χ4v) is 2.42. The van der Waals surface area contributed by atoms with Crippen molar-refractivity contribution in [1.82, 2.24) is 0 Å². The van der Waals surface area contributed by atoms with E-state index in [0.717, 1.165) is 0 Å². The lowest BCUT2D eigenvalue weighted by molar-refractivity contribution is -0.122. The molecule has 3 N–H and O–H groups in total. The largest absolute Gasteiger partial charge is 0.392 e. The van der Waals surface area contributed by atoms with Crippen LogP contribution in [0, 0.1) is 5.41 Å². The molecule has 1 aromatic carbocycles. The number of hydrogen-bond donors (Lipinski definition) is 2. The van der Waals surface area contributed by atoms with Crippen molar-refractivity contribution >= 4 is 40.4 Å². The van der Waals surface area contributed by atoms with E-state index in [-0.39, 0.29) is 10.9 Å². The van der Waals surface area contributed by atoms with E-state index in [1.54, 1.807) is 24.3 Å². The number of rotatable bonds is 5. The van der Waals surface area contributed by atoms with E-state index in [9.17, 15) is 4.79 Å². The zero-order chi connectivity index (χ0) is 13.8. The van der Waals surface area contributed by atoms with Gasteiger partial charge < -0.3 is 11.1 Å². The van der Waals surface area contributed by atoms with Crippen molar-refractivity contribution in [2.45, 2.75) is 26.7 Å². The molecule has 0 heterocycles. The Balaban J connectivity index is 2.96. The zero-order valence-corrected chi connectivity index (χ0v) is 12.1. The molecule has 0 aromatic heterocycles. The summed E-state index contributed by atoms with van der Waals surface area (Å²) in [6.07, 6.45) is 1.15. The van der Waals surface area contributed by atoms with Gasteiger partial charge in [0.15, 0.2) is 0 Å². The van der Waals surface area contributed by atoms with Gasteiger partial charge in [-0.05, 0) is 31.0 Å². The van der Waals surface area contributed by atoms with E-state index < -0.39 is 5.41 Å². The standard InChI is InChI=1S/C13H17ClN2OS/c1-3-13(4-2,11(15)18)12(17)16-10-7-5-6-9(14)8-10/h5-8H,3-4H2,1-2H3,(H2,15,18)(H,16,17). The molecule has 5 heteroatoms. The number of benzene rings is 1. The Morgan fingerprint density at radius 2 is 2.06 bits per heavy atom. The van der Waals surface area contributed by atoms with Crippen LogP contribution in [-0.2, 0) is 4.79 Å². The summed E-state index contributed by atoms with van der Waals surface area (Å²) in [5, 5.41) is 3.39. The number of anilines is 1. The third-order valence-electron chi connectivity index (χ3n) is 3.20. The topological polar surface area (TPSA) is 55.1 Å². The maximum absolute atomic E-state index is 12.3. The second-order valence-corrected chi connectivity index (χ2v) is 4.99. The average molecular weight is 285 g/mol. The van der Waals surface area contributed by atoms with Crippen LogP contribution in [0.1, 0.15) is 26.7 Å². The second kappa shape index (κ2) is 6.16. The minimum Gasteiger partial charge on any atom is -0.392 e. The summed E-state index contributed by atoms with van der Waals surface area (Å²) >= 11 is 10.9. The number of nitrogens with one attached hydrogen (secondary N) is 1. The first-order chi connectivity index (χ1) is 8.46. The van der Waals surface area contributed by atoms with Gasteiger partial charge in [0.25, 0.3) is 0 Å². The Hall–Kier alpha value is -1.13. The monoisotopic (exact) mass is 284 g/mol. The van der Waals surface area contributed by atoms with Crippen LogP contribution in [0.15, 0.2) is 24.3 Å². The fourth-order valence-electron chi connectivity index (χ4n) is 1.85. The summed E-state index contributed by atoms with van der Waals surface area (Å²) in [7, 11) is 0. The lowest BCUT2D eigenvalue weighted by Crippen LogP contribution is -2.45. The highest BCUT2D eigenvalue weighted by molar-refractivity contribution is 7.80. The molecule has 0 bridgehead atoms. The molecule has 0 unspecified atom stereocenters. The third-order valence-corrected chi connectivity index (χ3v) is 3.82. The van der Waals surface area contributed by atoms with Gasteiger partial charge in [-0.25, -0.2) is 0 Å². The van der Waals surface area contributed by atoms with Crippen LogP contribution in [0.5, 0.6) is 0 Å². The molecule has 0 atom stereocenters. The lowest BCUT2D eigenvalue weighted by Gasteiger charge is -2.28. The Morgan fingerprint density at radius 3 is 2.50 bits per heavy atom. The maximum atomic E-state index is 12.3. The first-order valence-electron chi connectivity index (χ1n) is 5.83. The minimum atomic E-state index is -0.794. The summed E-state index contributed by atoms with van der Waals surface area (Å²) in [5.74, 6) is -0.178. The smallest absolute Gasteiger partial charge is 0.237 e. The Kier molecular flexibility index (Phi) is 5.11. The Labute approximate surface area is 118 Å². The van der Waals surface area contributed by atoms with E-state index in [2.05, 4.69) is 5.32 Å². The molecule has 1 aromatic rings. The van der Waals surface area contributed by atoms with Crippen molar-refractivity contribution in [3.8, 4) is 0 Å². The van der Waals surface area contributed by atoms with Gasteiger partial charge >= 0.3 is 0 Å². The van der Waals surface area contributed by atoms with Crippen molar-refractivity contribution in [2.75, 3.05) is 5.32 Å². The molecule has 0 aliphatic rings. The van der Waals surface area contributed by atoms with Gasteiger partial charge in [0.2, 0.25) is 5.91 Å². The van der Waals surface area contributed by atoms with Crippen LogP contribution in [0.3, 0.4) is 0 Å². The van der Waals surface area contributed by atoms with E-state index >= 15 is 0 Å². The number of hydrogen-bond acceptors (Lipinski definition) is 2. The fraction of sp³-hybridized carbons (Fsp3) is 0.385. The summed E-state index contributed by atoms with van der Waals surface area (Å²) in [5.41, 5.74) is 5.58. The second-order valence-electron chi connectivity index (χ2n) is 4.12. The Morgan fingerprint density at radius 1 is 1.44 bits per heavy atom. The van der Waals surface area contributed by atoms with E-state index in [1.807, 2.05) is 13.8 Å². The molecule has 0 aliphatic carbocycles. The summed E-state index contributed by atoms with van der Waals surface area (Å²) in [6, 6.07) is 6.99. The molecule has 0 saturated carbocycles. The number of nitrogens with two attached hydrogens (primary N) is 1. The van der Waals surface area contributed by atoms with Crippen LogP contribution in [0.2, 0.25) is 5.02 Å². The van der Waals surface area contributed by atoms with E-state index in [1.165, 1.54) is 0 Å². The molecule has 3 nitrogen and oxygen atoms in total. The molecule has 1 rings (SSSR count). The van der Waals surface area contributed by atoms with E-state index in [4.69, 9.17) is 29.6 Å². The van der Waals surface area contributed by atoms with E-state index in [0.29, 0.717) is 23.6 Å². The minimum absolute atomic E-state index is 0.178. The molecule has 18 heavy (non-hydrogen) atoms. The molecular formula is C13H17ClN2OS. The van der Waals surface area contributed by atoms with Crippen LogP contribution < -0.4 is 11.1 Å². The molecule has 0 saturated heterocycles. The van der Waals surface area contributed by atoms with Gasteiger partial charge in [0.1, 0.15) is 0 Å². The first-order valence-corrected chi connectivity index (χ1v) is 6.61. The highest BCUT2D eigenvalue weighted by Gasteiger charge is 2.38. The van der Waals surface area contributed by atoms with Gasteiger partial charge in [-0.15, -0.1) is 0 Å². The first kappa shape index (κ1) is 14.9. The van der Waals surface area contributed by atoms with Crippen molar-refractivity contribution in [3.63, 3.8) is 0 Å². The predicted octanol–water partition coefficient (Wildman–Crippen LogP) is 3.37. The van der Waals surface area contributed by atoms with Crippen LogP contribution >= 0.6 is 23.8 Å². The quantitative estimate of drug-likeness (QED) is 0.815. The Bertz CT molecular complexity index is 458. The molecule has 0 radical (unpaired) electrons. The summed E-state index contributed by atoms with van der Waals surface area (Å²) in [4.78, 5) is 12.6. The predicted molar refractivity (Wildman–Crippen MR) is 79.9 cm³/mol. The van der Waals surface area contributed by atoms with Gasteiger partial charge in [0.05, 0.1) is 10.4 Å². The number of amides is 1. The van der Waals surface area contributed by atoms with Crippen LogP contribution in [0.25, 0.3) is 0 Å². The molecule has 1 amide bonds.